The third-order valence-electron chi connectivity index (χ3n) is 11.7. The van der Waals surface area contributed by atoms with Crippen LogP contribution >= 0.6 is 0 Å². The first-order valence-electron chi connectivity index (χ1n) is 18.8. The van der Waals surface area contributed by atoms with Gasteiger partial charge in [0.1, 0.15) is 22.3 Å². The second kappa shape index (κ2) is 11.3. The van der Waals surface area contributed by atoms with Gasteiger partial charge < -0.3 is 8.83 Å². The van der Waals surface area contributed by atoms with Gasteiger partial charge in [-0.25, -0.2) is 0 Å². The molecule has 2 aromatic heterocycles. The van der Waals surface area contributed by atoms with E-state index in [4.69, 9.17) is 8.83 Å². The monoisotopic (exact) mass is 688 g/mol. The molecule has 0 spiro atoms. The summed E-state index contributed by atoms with van der Waals surface area (Å²) in [6.07, 6.45) is 6.80. The van der Waals surface area contributed by atoms with Crippen molar-refractivity contribution in [2.75, 3.05) is 0 Å². The van der Waals surface area contributed by atoms with Crippen LogP contribution < -0.4 is 0 Å². The standard InChI is InChI=1S/C52H32O2/c1-2-14-32-31(13-1)29-45(34-16-4-3-15-33(32)34)50-39-21-9-19-35(37-23-11-27-48-51(37)41-17-5-7-25-46(41)53-48)43(39)30-44-36(20-10-22-40(44)50)38-24-12-28-49-52(38)42-18-6-8-26-47(42)54-49/h1-2,4-14,16-30H,3,15H2. The Balaban J connectivity index is 1.27. The molecule has 1 aliphatic rings. The number of furan rings is 2. The molecule has 12 rings (SSSR count). The number of hydrogen-bond acceptors (Lipinski definition) is 2. The average Bonchev–Trinajstić information content (AvgIpc) is 3.81. The van der Waals surface area contributed by atoms with Gasteiger partial charge in [-0.05, 0) is 126 Å². The highest BCUT2D eigenvalue weighted by Crippen LogP contribution is 2.49. The Morgan fingerprint density at radius 2 is 0.870 bits per heavy atom. The smallest absolute Gasteiger partial charge is 0.136 e. The molecule has 0 fully saturated rings. The van der Waals surface area contributed by atoms with Gasteiger partial charge in [-0.2, -0.15) is 0 Å². The summed E-state index contributed by atoms with van der Waals surface area (Å²) in [6, 6.07) is 57.2. The Labute approximate surface area is 311 Å². The normalized spacial score (nSPS) is 13.0. The van der Waals surface area contributed by atoms with Crippen LogP contribution in [0.25, 0.3) is 116 Å². The average molecular weight is 689 g/mol. The predicted octanol–water partition coefficient (Wildman–Crippen LogP) is 14.9. The maximum absolute atomic E-state index is 6.42. The number of hydrogen-bond donors (Lipinski definition) is 0. The van der Waals surface area contributed by atoms with E-state index in [-0.39, 0.29) is 0 Å². The number of allylic oxidation sites excluding steroid dienone is 1. The summed E-state index contributed by atoms with van der Waals surface area (Å²) in [7, 11) is 0. The maximum Gasteiger partial charge on any atom is 0.136 e. The summed E-state index contributed by atoms with van der Waals surface area (Å²) in [5.41, 5.74) is 13.7. The molecule has 0 unspecified atom stereocenters. The molecule has 252 valence electrons. The minimum Gasteiger partial charge on any atom is -0.456 e. The molecule has 0 atom stereocenters. The van der Waals surface area contributed by atoms with E-state index in [1.54, 1.807) is 0 Å². The third-order valence-corrected chi connectivity index (χ3v) is 11.7. The van der Waals surface area contributed by atoms with E-state index in [2.05, 4.69) is 158 Å². The van der Waals surface area contributed by atoms with Crippen LogP contribution in [-0.4, -0.2) is 0 Å². The number of rotatable bonds is 3. The minimum atomic E-state index is 0.902. The highest BCUT2D eigenvalue weighted by Gasteiger charge is 2.23. The summed E-state index contributed by atoms with van der Waals surface area (Å²) >= 11 is 0. The van der Waals surface area contributed by atoms with Gasteiger partial charge in [0.25, 0.3) is 0 Å². The van der Waals surface area contributed by atoms with E-state index in [0.29, 0.717) is 0 Å². The zero-order chi connectivity index (χ0) is 35.3. The number of aryl methyl sites for hydroxylation is 1. The second-order valence-electron chi connectivity index (χ2n) is 14.6. The van der Waals surface area contributed by atoms with Gasteiger partial charge in [-0.15, -0.1) is 0 Å². The third kappa shape index (κ3) is 4.17. The molecule has 0 saturated heterocycles. The summed E-state index contributed by atoms with van der Waals surface area (Å²) < 4.78 is 12.8. The summed E-state index contributed by atoms with van der Waals surface area (Å²) in [5.74, 6) is 0. The van der Waals surface area contributed by atoms with E-state index < -0.39 is 0 Å². The zero-order valence-corrected chi connectivity index (χ0v) is 29.4. The lowest BCUT2D eigenvalue weighted by Crippen LogP contribution is -2.00. The Kier molecular flexibility index (Phi) is 6.20. The molecule has 54 heavy (non-hydrogen) atoms. The van der Waals surface area contributed by atoms with Gasteiger partial charge >= 0.3 is 0 Å². The maximum atomic E-state index is 6.42. The van der Waals surface area contributed by atoms with Crippen molar-refractivity contribution in [1.82, 2.24) is 0 Å². The van der Waals surface area contributed by atoms with E-state index in [1.165, 1.54) is 76.8 Å². The SMILES string of the molecule is C1=Cc2c(-c3c4cccc(-c5cccc6oc7ccccc7c56)c4cc4c(-c5cccc6oc7ccccc7c56)cccc34)cc3ccccc3c2CC1. The Bertz CT molecular complexity index is 3220. The highest BCUT2D eigenvalue weighted by molar-refractivity contribution is 6.24. The zero-order valence-electron chi connectivity index (χ0n) is 29.4. The lowest BCUT2D eigenvalue weighted by molar-refractivity contribution is 0.668. The molecule has 9 aromatic carbocycles. The first-order valence-corrected chi connectivity index (χ1v) is 18.8. The van der Waals surface area contributed by atoms with E-state index in [1.807, 2.05) is 12.1 Å². The molecule has 2 nitrogen and oxygen atoms in total. The van der Waals surface area contributed by atoms with Crippen LogP contribution in [0.1, 0.15) is 17.5 Å². The number of para-hydroxylation sites is 2. The summed E-state index contributed by atoms with van der Waals surface area (Å²) in [5, 5.41) is 12.1. The molecular formula is C52H32O2. The van der Waals surface area contributed by atoms with E-state index in [0.717, 1.165) is 56.7 Å². The molecule has 0 aliphatic heterocycles. The van der Waals surface area contributed by atoms with Crippen LogP contribution in [-0.2, 0) is 6.42 Å². The molecule has 1 aliphatic carbocycles. The highest BCUT2D eigenvalue weighted by atomic mass is 16.3. The molecule has 2 heterocycles. The van der Waals surface area contributed by atoms with Gasteiger partial charge in [0.15, 0.2) is 0 Å². The molecule has 0 bridgehead atoms. The molecule has 0 saturated carbocycles. The van der Waals surface area contributed by atoms with Crippen LogP contribution in [0.2, 0.25) is 0 Å². The Morgan fingerprint density at radius 3 is 1.50 bits per heavy atom. The fourth-order valence-electron chi connectivity index (χ4n) is 9.46. The van der Waals surface area contributed by atoms with Crippen LogP contribution in [0.4, 0.5) is 0 Å². The molecular weight excluding hydrogens is 657 g/mol. The van der Waals surface area contributed by atoms with Crippen molar-refractivity contribution in [3.8, 4) is 33.4 Å². The van der Waals surface area contributed by atoms with Gasteiger partial charge in [0.05, 0.1) is 0 Å². The molecule has 11 aromatic rings. The van der Waals surface area contributed by atoms with Crippen molar-refractivity contribution in [2.45, 2.75) is 12.8 Å². The van der Waals surface area contributed by atoms with Crippen molar-refractivity contribution < 1.29 is 8.83 Å². The molecule has 2 heteroatoms. The Hall–Kier alpha value is -6.90. The van der Waals surface area contributed by atoms with Crippen molar-refractivity contribution >= 4 is 82.3 Å². The lowest BCUT2D eigenvalue weighted by Gasteiger charge is -2.22. The Morgan fingerprint density at radius 1 is 0.370 bits per heavy atom. The van der Waals surface area contributed by atoms with E-state index in [9.17, 15) is 0 Å². The lowest BCUT2D eigenvalue weighted by atomic mass is 9.81. The van der Waals surface area contributed by atoms with Gasteiger partial charge in [-0.1, -0.05) is 133 Å². The van der Waals surface area contributed by atoms with Gasteiger partial charge in [-0.3, -0.25) is 0 Å². The minimum absolute atomic E-state index is 0.902. The fraction of sp³-hybridized carbons (Fsp3) is 0.0385. The topological polar surface area (TPSA) is 26.3 Å². The largest absolute Gasteiger partial charge is 0.456 e. The number of benzene rings is 9. The first kappa shape index (κ1) is 29.7. The second-order valence-corrected chi connectivity index (χ2v) is 14.6. The number of fused-ring (bicyclic) bond motifs is 11. The summed E-state index contributed by atoms with van der Waals surface area (Å²) in [6.45, 7) is 0. The first-order chi connectivity index (χ1) is 26.8. The van der Waals surface area contributed by atoms with Gasteiger partial charge in [0, 0.05) is 21.5 Å². The van der Waals surface area contributed by atoms with Crippen LogP contribution in [0.5, 0.6) is 0 Å². The van der Waals surface area contributed by atoms with Crippen LogP contribution in [0, 0.1) is 0 Å². The van der Waals surface area contributed by atoms with Crippen LogP contribution in [0.15, 0.2) is 173 Å². The molecule has 0 radical (unpaired) electrons. The van der Waals surface area contributed by atoms with Gasteiger partial charge in [0.2, 0.25) is 0 Å². The molecule has 0 amide bonds. The quantitative estimate of drug-likeness (QED) is 0.173. The summed E-state index contributed by atoms with van der Waals surface area (Å²) in [4.78, 5) is 0. The van der Waals surface area contributed by atoms with Crippen LogP contribution in [0.3, 0.4) is 0 Å². The molecule has 0 N–H and O–H groups in total. The van der Waals surface area contributed by atoms with Crippen molar-refractivity contribution in [2.24, 2.45) is 0 Å². The van der Waals surface area contributed by atoms with Crippen molar-refractivity contribution in [3.63, 3.8) is 0 Å². The van der Waals surface area contributed by atoms with E-state index >= 15 is 0 Å². The fourth-order valence-corrected chi connectivity index (χ4v) is 9.46. The van der Waals surface area contributed by atoms with Crippen molar-refractivity contribution in [1.29, 1.82) is 0 Å². The van der Waals surface area contributed by atoms with Crippen molar-refractivity contribution in [3.05, 3.63) is 175 Å². The predicted molar refractivity (Wildman–Crippen MR) is 227 cm³/mol.